The van der Waals surface area contributed by atoms with Crippen molar-refractivity contribution in [3.8, 4) is 67.4 Å². The van der Waals surface area contributed by atoms with Crippen molar-refractivity contribution in [2.24, 2.45) is 0 Å². The van der Waals surface area contributed by atoms with Crippen LogP contribution in [-0.2, 0) is 0 Å². The summed E-state index contributed by atoms with van der Waals surface area (Å²) < 4.78 is 0. The quantitative estimate of drug-likeness (QED) is 0.161. The Morgan fingerprint density at radius 2 is 0.929 bits per heavy atom. The monoisotopic (exact) mass is 712 g/mol. The number of rotatable bonds is 6. The first-order chi connectivity index (χ1) is 27.7. The predicted molar refractivity (Wildman–Crippen MR) is 231 cm³/mol. The molecule has 4 heteroatoms. The van der Waals surface area contributed by atoms with Crippen LogP contribution in [0.5, 0.6) is 0 Å². The van der Waals surface area contributed by atoms with Crippen LogP contribution in [0.4, 0.5) is 0 Å². The maximum atomic E-state index is 5.22. The fourth-order valence-corrected chi connectivity index (χ4v) is 8.18. The zero-order chi connectivity index (χ0) is 37.0. The molecule has 0 atom stereocenters. The number of nitrogens with zero attached hydrogens (tertiary/aromatic N) is 4. The molecule has 11 rings (SSSR count). The van der Waals surface area contributed by atoms with E-state index in [1.54, 1.807) is 0 Å². The van der Waals surface area contributed by atoms with Crippen molar-refractivity contribution in [2.45, 2.75) is 0 Å². The Balaban J connectivity index is 1.06. The number of pyridine rings is 2. The third-order valence-corrected chi connectivity index (χ3v) is 10.9. The maximum Gasteiger partial charge on any atom is 0.160 e. The lowest BCUT2D eigenvalue weighted by Gasteiger charge is -2.17. The second-order valence-electron chi connectivity index (χ2n) is 14.3. The van der Waals surface area contributed by atoms with Gasteiger partial charge in [0.15, 0.2) is 5.82 Å². The van der Waals surface area contributed by atoms with E-state index in [1.165, 1.54) is 49.0 Å². The standard InChI is InChI=1S/C52H32N4/c1-2-9-33(10-3-1)42-24-20-36-23-27-45-43(25-21-37-22-26-44(42)50(36)51(37)45)38-12-8-13-40(29-38)52-55-48(35-18-16-34(17-19-35)46-15-6-7-28-53-46)31-49(56-52)41-30-39-11-4-5-14-47(39)54-32-41/h1-32H. The molecule has 8 aromatic carbocycles. The van der Waals surface area contributed by atoms with E-state index >= 15 is 0 Å². The summed E-state index contributed by atoms with van der Waals surface area (Å²) in [5.74, 6) is 0.659. The Bertz CT molecular complexity index is 3230. The van der Waals surface area contributed by atoms with E-state index < -0.39 is 0 Å². The molecular formula is C52H32N4. The normalized spacial score (nSPS) is 11.6. The average Bonchev–Trinajstić information content (AvgIpc) is 3.28. The highest BCUT2D eigenvalue weighted by Crippen LogP contribution is 2.43. The zero-order valence-electron chi connectivity index (χ0n) is 30.3. The average molecular weight is 713 g/mol. The summed E-state index contributed by atoms with van der Waals surface area (Å²) in [6.45, 7) is 0. The van der Waals surface area contributed by atoms with Gasteiger partial charge in [0.2, 0.25) is 0 Å². The van der Waals surface area contributed by atoms with Crippen LogP contribution in [-0.4, -0.2) is 19.9 Å². The highest BCUT2D eigenvalue weighted by atomic mass is 14.9. The first kappa shape index (κ1) is 31.9. The van der Waals surface area contributed by atoms with Crippen molar-refractivity contribution in [3.63, 3.8) is 0 Å². The molecule has 0 N–H and O–H groups in total. The van der Waals surface area contributed by atoms with E-state index in [2.05, 4.69) is 151 Å². The molecule has 0 fully saturated rings. The molecule has 0 radical (unpaired) electrons. The fourth-order valence-electron chi connectivity index (χ4n) is 8.18. The smallest absolute Gasteiger partial charge is 0.160 e. The molecule has 0 amide bonds. The lowest BCUT2D eigenvalue weighted by molar-refractivity contribution is 1.18. The molecule has 56 heavy (non-hydrogen) atoms. The number of hydrogen-bond acceptors (Lipinski definition) is 4. The van der Waals surface area contributed by atoms with Gasteiger partial charge < -0.3 is 0 Å². The van der Waals surface area contributed by atoms with Crippen LogP contribution in [0.25, 0.3) is 111 Å². The van der Waals surface area contributed by atoms with Crippen molar-refractivity contribution < 1.29 is 0 Å². The molecule has 0 saturated carbocycles. The summed E-state index contributed by atoms with van der Waals surface area (Å²) in [6.07, 6.45) is 3.73. The summed E-state index contributed by atoms with van der Waals surface area (Å²) in [4.78, 5) is 19.8. The van der Waals surface area contributed by atoms with Crippen LogP contribution >= 0.6 is 0 Å². The first-order valence-corrected chi connectivity index (χ1v) is 18.9. The van der Waals surface area contributed by atoms with Crippen LogP contribution in [0.1, 0.15) is 0 Å². The molecular weight excluding hydrogens is 681 g/mol. The zero-order valence-corrected chi connectivity index (χ0v) is 30.3. The Morgan fingerprint density at radius 3 is 1.66 bits per heavy atom. The van der Waals surface area contributed by atoms with Crippen molar-refractivity contribution >= 4 is 43.2 Å². The molecule has 0 saturated heterocycles. The van der Waals surface area contributed by atoms with Gasteiger partial charge in [0.25, 0.3) is 0 Å². The van der Waals surface area contributed by atoms with Gasteiger partial charge in [0, 0.05) is 40.0 Å². The first-order valence-electron chi connectivity index (χ1n) is 18.9. The molecule has 3 heterocycles. The summed E-state index contributed by atoms with van der Waals surface area (Å²) in [5.41, 5.74) is 12.3. The number of fused-ring (bicyclic) bond motifs is 1. The Kier molecular flexibility index (Phi) is 7.46. The van der Waals surface area contributed by atoms with Crippen LogP contribution in [0.15, 0.2) is 194 Å². The minimum absolute atomic E-state index is 0.659. The van der Waals surface area contributed by atoms with Crippen molar-refractivity contribution in [3.05, 3.63) is 194 Å². The Hall–Kier alpha value is -7.56. The van der Waals surface area contributed by atoms with Crippen molar-refractivity contribution in [2.75, 3.05) is 0 Å². The van der Waals surface area contributed by atoms with E-state index in [0.29, 0.717) is 5.82 Å². The highest BCUT2D eigenvalue weighted by molar-refractivity contribution is 6.27. The summed E-state index contributed by atoms with van der Waals surface area (Å²) >= 11 is 0. The van der Waals surface area contributed by atoms with E-state index in [4.69, 9.17) is 15.0 Å². The van der Waals surface area contributed by atoms with Gasteiger partial charge >= 0.3 is 0 Å². The predicted octanol–water partition coefficient (Wildman–Crippen LogP) is 13.3. The minimum atomic E-state index is 0.659. The van der Waals surface area contributed by atoms with Gasteiger partial charge in [-0.1, -0.05) is 146 Å². The van der Waals surface area contributed by atoms with Gasteiger partial charge in [-0.15, -0.1) is 0 Å². The summed E-state index contributed by atoms with van der Waals surface area (Å²) in [7, 11) is 0. The molecule has 260 valence electrons. The minimum Gasteiger partial charge on any atom is -0.256 e. The molecule has 0 aliphatic carbocycles. The molecule has 0 bridgehead atoms. The van der Waals surface area contributed by atoms with E-state index in [9.17, 15) is 0 Å². The summed E-state index contributed by atoms with van der Waals surface area (Å²) in [6, 6.07) is 64.3. The largest absolute Gasteiger partial charge is 0.256 e. The lowest BCUT2D eigenvalue weighted by Crippen LogP contribution is -1.97. The second kappa shape index (κ2) is 13.1. The molecule has 11 aromatic rings. The highest BCUT2D eigenvalue weighted by Gasteiger charge is 2.17. The van der Waals surface area contributed by atoms with Gasteiger partial charge in [0.05, 0.1) is 22.6 Å². The van der Waals surface area contributed by atoms with Gasteiger partial charge in [0.1, 0.15) is 0 Å². The molecule has 4 nitrogen and oxygen atoms in total. The SMILES string of the molecule is c1ccc(-c2ccc3ccc4c(-c5cccc(-c6nc(-c7ccc(-c8ccccn8)cc7)cc(-c7cnc8ccccc8c7)n6)c5)ccc5ccc2c3c54)cc1. The Morgan fingerprint density at radius 1 is 0.321 bits per heavy atom. The fraction of sp³-hybridized carbons (Fsp3) is 0. The second-order valence-corrected chi connectivity index (χ2v) is 14.3. The van der Waals surface area contributed by atoms with Crippen LogP contribution in [0, 0.1) is 0 Å². The van der Waals surface area contributed by atoms with Gasteiger partial charge in [-0.3, -0.25) is 9.97 Å². The van der Waals surface area contributed by atoms with Crippen LogP contribution < -0.4 is 0 Å². The number of benzene rings is 8. The van der Waals surface area contributed by atoms with Crippen molar-refractivity contribution in [1.29, 1.82) is 0 Å². The van der Waals surface area contributed by atoms with E-state index in [1.807, 2.05) is 48.8 Å². The van der Waals surface area contributed by atoms with Gasteiger partial charge in [-0.2, -0.15) is 0 Å². The van der Waals surface area contributed by atoms with Crippen molar-refractivity contribution in [1.82, 2.24) is 19.9 Å². The summed E-state index contributed by atoms with van der Waals surface area (Å²) in [5, 5.41) is 8.65. The van der Waals surface area contributed by atoms with Crippen LogP contribution in [0.2, 0.25) is 0 Å². The third-order valence-electron chi connectivity index (χ3n) is 10.9. The van der Waals surface area contributed by atoms with E-state index in [-0.39, 0.29) is 0 Å². The molecule has 0 spiro atoms. The molecule has 0 aliphatic rings. The Labute approximate surface area is 323 Å². The van der Waals surface area contributed by atoms with Gasteiger partial charge in [-0.05, 0) is 91.0 Å². The topological polar surface area (TPSA) is 51.6 Å². The molecule has 0 aliphatic heterocycles. The third kappa shape index (κ3) is 5.47. The number of aromatic nitrogens is 4. The lowest BCUT2D eigenvalue weighted by atomic mass is 9.87. The number of hydrogen-bond donors (Lipinski definition) is 0. The maximum absolute atomic E-state index is 5.22. The van der Waals surface area contributed by atoms with E-state index in [0.717, 1.165) is 55.8 Å². The van der Waals surface area contributed by atoms with Gasteiger partial charge in [-0.25, -0.2) is 9.97 Å². The molecule has 0 unspecified atom stereocenters. The number of para-hydroxylation sites is 1. The molecule has 3 aromatic heterocycles. The van der Waals surface area contributed by atoms with Crippen LogP contribution in [0.3, 0.4) is 0 Å².